The largest absolute Gasteiger partial charge is 0.504 e. The van der Waals surface area contributed by atoms with E-state index in [1.54, 1.807) is 6.07 Å². The summed E-state index contributed by atoms with van der Waals surface area (Å²) in [5.74, 6) is 0.611. The van der Waals surface area contributed by atoms with Crippen LogP contribution in [-0.2, 0) is 13.0 Å². The van der Waals surface area contributed by atoms with Gasteiger partial charge in [0.2, 0.25) is 0 Å². The lowest BCUT2D eigenvalue weighted by Crippen LogP contribution is -2.02. The predicted octanol–water partition coefficient (Wildman–Crippen LogP) is 3.88. The first-order chi connectivity index (χ1) is 10.2. The second-order valence-corrected chi connectivity index (χ2v) is 5.38. The smallest absolute Gasteiger partial charge is 0.163 e. The maximum atomic E-state index is 12.0. The van der Waals surface area contributed by atoms with Gasteiger partial charge in [-0.05, 0) is 42.5 Å². The number of ether oxygens (including phenoxy) is 1. The minimum absolute atomic E-state index is 0.0416. The Balaban J connectivity index is 1.83. The fraction of sp³-hybridized carbons (Fsp3) is 0.278. The van der Waals surface area contributed by atoms with Gasteiger partial charge >= 0.3 is 0 Å². The summed E-state index contributed by atoms with van der Waals surface area (Å²) in [7, 11) is 0. The van der Waals surface area contributed by atoms with Gasteiger partial charge in [-0.25, -0.2) is 0 Å². The summed E-state index contributed by atoms with van der Waals surface area (Å²) in [5.41, 5.74) is 2.68. The molecule has 3 heteroatoms. The van der Waals surface area contributed by atoms with E-state index in [9.17, 15) is 9.90 Å². The van der Waals surface area contributed by atoms with E-state index in [0.29, 0.717) is 24.3 Å². The summed E-state index contributed by atoms with van der Waals surface area (Å²) >= 11 is 0. The van der Waals surface area contributed by atoms with Crippen LogP contribution in [0.5, 0.6) is 11.5 Å². The van der Waals surface area contributed by atoms with Crippen LogP contribution < -0.4 is 4.74 Å². The Labute approximate surface area is 124 Å². The summed E-state index contributed by atoms with van der Waals surface area (Å²) in [6, 6.07) is 13.2. The third kappa shape index (κ3) is 3.07. The van der Waals surface area contributed by atoms with Crippen LogP contribution in [0.4, 0.5) is 0 Å². The van der Waals surface area contributed by atoms with Crippen molar-refractivity contribution in [1.82, 2.24) is 0 Å². The molecule has 3 nitrogen and oxygen atoms in total. The van der Waals surface area contributed by atoms with E-state index in [1.807, 2.05) is 36.4 Å². The van der Waals surface area contributed by atoms with Crippen LogP contribution in [0.3, 0.4) is 0 Å². The van der Waals surface area contributed by atoms with Gasteiger partial charge in [-0.1, -0.05) is 30.3 Å². The standard InChI is InChI=1S/C18H18O3/c19-16-9-5-4-8-14-10-18(17(20)11-15(14)16)21-12-13-6-2-1-3-7-13/h1-3,6-7,10-11,20H,4-5,8-9,12H2. The fourth-order valence-corrected chi connectivity index (χ4v) is 2.66. The minimum Gasteiger partial charge on any atom is -0.504 e. The monoisotopic (exact) mass is 282 g/mol. The zero-order valence-electron chi connectivity index (χ0n) is 11.8. The van der Waals surface area contributed by atoms with Crippen molar-refractivity contribution in [2.24, 2.45) is 0 Å². The van der Waals surface area contributed by atoms with Gasteiger partial charge in [-0.2, -0.15) is 0 Å². The van der Waals surface area contributed by atoms with Crippen LogP contribution in [0, 0.1) is 0 Å². The number of aryl methyl sites for hydroxylation is 1. The highest BCUT2D eigenvalue weighted by Gasteiger charge is 2.18. The quantitative estimate of drug-likeness (QED) is 0.869. The van der Waals surface area contributed by atoms with Crippen molar-refractivity contribution in [3.63, 3.8) is 0 Å². The van der Waals surface area contributed by atoms with Crippen molar-refractivity contribution >= 4 is 5.78 Å². The van der Waals surface area contributed by atoms with E-state index >= 15 is 0 Å². The van der Waals surface area contributed by atoms with Crippen molar-refractivity contribution in [2.75, 3.05) is 0 Å². The van der Waals surface area contributed by atoms with Gasteiger partial charge in [-0.3, -0.25) is 4.79 Å². The Morgan fingerprint density at radius 3 is 2.62 bits per heavy atom. The summed E-state index contributed by atoms with van der Waals surface area (Å²) in [4.78, 5) is 12.0. The molecule has 0 saturated heterocycles. The number of aromatic hydroxyl groups is 1. The molecule has 108 valence electrons. The number of Topliss-reactive ketones (excluding diaryl/α,β-unsaturated/α-hetero) is 1. The second kappa shape index (κ2) is 6.00. The van der Waals surface area contributed by atoms with Crippen LogP contribution >= 0.6 is 0 Å². The molecule has 0 atom stereocenters. The molecule has 0 fully saturated rings. The molecule has 0 amide bonds. The second-order valence-electron chi connectivity index (χ2n) is 5.38. The first kappa shape index (κ1) is 13.7. The lowest BCUT2D eigenvalue weighted by Gasteiger charge is -2.12. The molecular formula is C18H18O3. The number of carbonyl (C=O) groups excluding carboxylic acids is 1. The molecule has 0 heterocycles. The maximum Gasteiger partial charge on any atom is 0.163 e. The van der Waals surface area contributed by atoms with E-state index in [1.165, 1.54) is 0 Å². The Bertz CT molecular complexity index is 647. The van der Waals surface area contributed by atoms with E-state index in [4.69, 9.17) is 4.74 Å². The number of benzene rings is 2. The number of carbonyl (C=O) groups is 1. The molecule has 3 rings (SSSR count). The molecular weight excluding hydrogens is 264 g/mol. The van der Waals surface area contributed by atoms with Gasteiger partial charge < -0.3 is 9.84 Å². The predicted molar refractivity (Wildman–Crippen MR) is 80.8 cm³/mol. The Kier molecular flexibility index (Phi) is 3.91. The van der Waals surface area contributed by atoms with Crippen molar-refractivity contribution in [3.8, 4) is 11.5 Å². The zero-order chi connectivity index (χ0) is 14.7. The molecule has 1 aliphatic rings. The van der Waals surface area contributed by atoms with E-state index < -0.39 is 0 Å². The SMILES string of the molecule is O=C1CCCCc2cc(OCc3ccccc3)c(O)cc21. The van der Waals surface area contributed by atoms with Crippen LogP contribution in [0.2, 0.25) is 0 Å². The van der Waals surface area contributed by atoms with E-state index in [2.05, 4.69) is 0 Å². The van der Waals surface area contributed by atoms with E-state index in [-0.39, 0.29) is 11.5 Å². The Hall–Kier alpha value is -2.29. The molecule has 21 heavy (non-hydrogen) atoms. The maximum absolute atomic E-state index is 12.0. The summed E-state index contributed by atoms with van der Waals surface area (Å²) in [6.45, 7) is 0.404. The molecule has 0 bridgehead atoms. The number of hydrogen-bond donors (Lipinski definition) is 1. The summed E-state index contributed by atoms with van der Waals surface area (Å²) in [6.07, 6.45) is 3.34. The molecule has 2 aromatic carbocycles. The normalized spacial score (nSPS) is 14.4. The lowest BCUT2D eigenvalue weighted by atomic mass is 10.0. The molecule has 1 N–H and O–H groups in total. The third-order valence-corrected chi connectivity index (χ3v) is 3.82. The molecule has 0 aliphatic heterocycles. The number of hydrogen-bond acceptors (Lipinski definition) is 3. The van der Waals surface area contributed by atoms with Gasteiger partial charge in [0.25, 0.3) is 0 Å². The average molecular weight is 282 g/mol. The van der Waals surface area contributed by atoms with Crippen LogP contribution in [0.1, 0.15) is 40.7 Å². The summed E-state index contributed by atoms with van der Waals surface area (Å²) in [5, 5.41) is 10.1. The van der Waals surface area contributed by atoms with Crippen LogP contribution in [0.25, 0.3) is 0 Å². The van der Waals surface area contributed by atoms with Crippen molar-refractivity contribution < 1.29 is 14.6 Å². The molecule has 0 unspecified atom stereocenters. The molecule has 2 aromatic rings. The molecule has 0 radical (unpaired) electrons. The Morgan fingerprint density at radius 2 is 1.81 bits per heavy atom. The van der Waals surface area contributed by atoms with Crippen molar-refractivity contribution in [3.05, 3.63) is 59.2 Å². The van der Waals surface area contributed by atoms with Gasteiger partial charge in [0, 0.05) is 12.0 Å². The van der Waals surface area contributed by atoms with Gasteiger partial charge in [-0.15, -0.1) is 0 Å². The number of rotatable bonds is 3. The van der Waals surface area contributed by atoms with Gasteiger partial charge in [0.05, 0.1) is 0 Å². The van der Waals surface area contributed by atoms with E-state index in [0.717, 1.165) is 30.4 Å². The van der Waals surface area contributed by atoms with Crippen molar-refractivity contribution in [1.29, 1.82) is 0 Å². The number of fused-ring (bicyclic) bond motifs is 1. The molecule has 0 saturated carbocycles. The van der Waals surface area contributed by atoms with Gasteiger partial charge in [0.1, 0.15) is 6.61 Å². The highest BCUT2D eigenvalue weighted by Crippen LogP contribution is 2.33. The first-order valence-electron chi connectivity index (χ1n) is 7.30. The Morgan fingerprint density at radius 1 is 1.05 bits per heavy atom. The number of phenolic OH excluding ortho intramolecular Hbond substituents is 1. The van der Waals surface area contributed by atoms with Gasteiger partial charge in [0.15, 0.2) is 17.3 Å². The molecule has 1 aliphatic carbocycles. The number of ketones is 1. The highest BCUT2D eigenvalue weighted by atomic mass is 16.5. The topological polar surface area (TPSA) is 46.5 Å². The van der Waals surface area contributed by atoms with Crippen molar-refractivity contribution in [2.45, 2.75) is 32.3 Å². The average Bonchev–Trinajstić information content (AvgIpc) is 2.68. The third-order valence-electron chi connectivity index (χ3n) is 3.82. The van der Waals surface area contributed by atoms with Crippen LogP contribution in [-0.4, -0.2) is 10.9 Å². The summed E-state index contributed by atoms with van der Waals surface area (Å²) < 4.78 is 5.70. The first-order valence-corrected chi connectivity index (χ1v) is 7.30. The zero-order valence-corrected chi connectivity index (χ0v) is 11.8. The molecule has 0 spiro atoms. The number of phenols is 1. The fourth-order valence-electron chi connectivity index (χ4n) is 2.66. The highest BCUT2D eigenvalue weighted by molar-refractivity contribution is 5.98. The lowest BCUT2D eigenvalue weighted by molar-refractivity contribution is 0.0981. The van der Waals surface area contributed by atoms with Crippen LogP contribution in [0.15, 0.2) is 42.5 Å². The molecule has 0 aromatic heterocycles. The minimum atomic E-state index is 0.0416.